The van der Waals surface area contributed by atoms with E-state index >= 15 is 0 Å². The predicted octanol–water partition coefficient (Wildman–Crippen LogP) is 1.88. The Labute approximate surface area is 76.6 Å². The second kappa shape index (κ2) is 7.56. The zero-order valence-electron chi connectivity index (χ0n) is 8.71. The minimum absolute atomic E-state index is 0.340. The van der Waals surface area contributed by atoms with Crippen LogP contribution < -0.4 is 0 Å². The number of hydrogen-bond acceptors (Lipinski definition) is 2. The van der Waals surface area contributed by atoms with E-state index in [0.717, 1.165) is 19.4 Å². The molecule has 0 saturated carbocycles. The molecule has 0 aliphatic carbocycles. The third-order valence-corrected chi connectivity index (χ3v) is 2.51. The molecule has 1 unspecified atom stereocenters. The summed E-state index contributed by atoms with van der Waals surface area (Å²) in [5, 5.41) is 8.57. The first-order valence-electron chi connectivity index (χ1n) is 5.03. The lowest BCUT2D eigenvalue weighted by Crippen LogP contribution is -2.29. The van der Waals surface area contributed by atoms with Crippen LogP contribution in [-0.2, 0) is 0 Å². The van der Waals surface area contributed by atoms with Crippen LogP contribution in [0.2, 0.25) is 0 Å². The van der Waals surface area contributed by atoms with Crippen molar-refractivity contribution in [2.24, 2.45) is 0 Å². The van der Waals surface area contributed by atoms with E-state index in [2.05, 4.69) is 25.8 Å². The van der Waals surface area contributed by atoms with Crippen LogP contribution in [-0.4, -0.2) is 36.2 Å². The molecule has 2 heteroatoms. The first-order valence-corrected chi connectivity index (χ1v) is 5.03. The number of aliphatic hydroxyl groups is 1. The third-order valence-electron chi connectivity index (χ3n) is 2.51. The van der Waals surface area contributed by atoms with Crippen molar-refractivity contribution in [3.8, 4) is 0 Å². The maximum atomic E-state index is 8.57. The minimum Gasteiger partial charge on any atom is -0.396 e. The smallest absolute Gasteiger partial charge is 0.0431 e. The maximum absolute atomic E-state index is 8.57. The SMILES string of the molecule is CCC(C)N(C)CCCCCO. The third kappa shape index (κ3) is 5.56. The number of unbranched alkanes of at least 4 members (excludes halogenated alkanes) is 2. The van der Waals surface area contributed by atoms with Gasteiger partial charge in [-0.15, -0.1) is 0 Å². The molecule has 0 aromatic carbocycles. The standard InChI is InChI=1S/C10H23NO/c1-4-10(2)11(3)8-6-5-7-9-12/h10,12H,4-9H2,1-3H3. The van der Waals surface area contributed by atoms with Crippen molar-refractivity contribution < 1.29 is 5.11 Å². The van der Waals surface area contributed by atoms with Gasteiger partial charge in [-0.3, -0.25) is 0 Å². The van der Waals surface area contributed by atoms with Crippen molar-refractivity contribution in [1.82, 2.24) is 4.90 Å². The summed E-state index contributed by atoms with van der Waals surface area (Å²) in [4.78, 5) is 2.39. The van der Waals surface area contributed by atoms with Crippen LogP contribution in [0.25, 0.3) is 0 Å². The first kappa shape index (κ1) is 11.9. The Kier molecular flexibility index (Phi) is 7.51. The van der Waals surface area contributed by atoms with Gasteiger partial charge in [0.05, 0.1) is 0 Å². The summed E-state index contributed by atoms with van der Waals surface area (Å²) in [5.41, 5.74) is 0. The summed E-state index contributed by atoms with van der Waals surface area (Å²) in [6, 6.07) is 0.694. The number of rotatable bonds is 7. The van der Waals surface area contributed by atoms with Gasteiger partial charge >= 0.3 is 0 Å². The molecule has 0 aromatic rings. The monoisotopic (exact) mass is 173 g/mol. The predicted molar refractivity (Wildman–Crippen MR) is 53.3 cm³/mol. The summed E-state index contributed by atoms with van der Waals surface area (Å²) < 4.78 is 0. The van der Waals surface area contributed by atoms with Crippen molar-refractivity contribution in [3.05, 3.63) is 0 Å². The van der Waals surface area contributed by atoms with Gasteiger partial charge in [0.15, 0.2) is 0 Å². The topological polar surface area (TPSA) is 23.5 Å². The summed E-state index contributed by atoms with van der Waals surface area (Å²) >= 11 is 0. The average molecular weight is 173 g/mol. The average Bonchev–Trinajstić information content (AvgIpc) is 2.10. The second-order valence-electron chi connectivity index (χ2n) is 3.52. The summed E-state index contributed by atoms with van der Waals surface area (Å²) in [6.07, 6.45) is 4.53. The summed E-state index contributed by atoms with van der Waals surface area (Å²) in [7, 11) is 2.17. The highest BCUT2D eigenvalue weighted by Crippen LogP contribution is 2.03. The molecule has 0 aliphatic heterocycles. The molecule has 74 valence electrons. The van der Waals surface area contributed by atoms with Crippen LogP contribution in [0, 0.1) is 0 Å². The fraction of sp³-hybridized carbons (Fsp3) is 1.00. The lowest BCUT2D eigenvalue weighted by molar-refractivity contribution is 0.238. The highest BCUT2D eigenvalue weighted by atomic mass is 16.2. The van der Waals surface area contributed by atoms with Crippen LogP contribution in [0.15, 0.2) is 0 Å². The zero-order chi connectivity index (χ0) is 9.40. The molecule has 0 heterocycles. The highest BCUT2D eigenvalue weighted by Gasteiger charge is 2.04. The lowest BCUT2D eigenvalue weighted by Gasteiger charge is -2.23. The van der Waals surface area contributed by atoms with Gasteiger partial charge in [0, 0.05) is 12.6 Å². The Morgan fingerprint density at radius 3 is 2.42 bits per heavy atom. The van der Waals surface area contributed by atoms with Crippen molar-refractivity contribution >= 4 is 0 Å². The van der Waals surface area contributed by atoms with Crippen LogP contribution in [0.4, 0.5) is 0 Å². The molecule has 0 radical (unpaired) electrons. The molecule has 0 rings (SSSR count). The number of nitrogens with zero attached hydrogens (tertiary/aromatic N) is 1. The van der Waals surface area contributed by atoms with E-state index in [4.69, 9.17) is 5.11 Å². The minimum atomic E-state index is 0.340. The summed E-state index contributed by atoms with van der Waals surface area (Å²) in [6.45, 7) is 5.98. The Balaban J connectivity index is 3.24. The van der Waals surface area contributed by atoms with Gasteiger partial charge in [-0.05, 0) is 46.2 Å². The Morgan fingerprint density at radius 2 is 1.92 bits per heavy atom. The molecular weight excluding hydrogens is 150 g/mol. The second-order valence-corrected chi connectivity index (χ2v) is 3.52. The van der Waals surface area contributed by atoms with Gasteiger partial charge in [0.1, 0.15) is 0 Å². The molecule has 0 aliphatic rings. The molecular formula is C10H23NO. The van der Waals surface area contributed by atoms with E-state index in [0.29, 0.717) is 12.6 Å². The summed E-state index contributed by atoms with van der Waals surface area (Å²) in [5.74, 6) is 0. The Morgan fingerprint density at radius 1 is 1.25 bits per heavy atom. The fourth-order valence-electron chi connectivity index (χ4n) is 1.18. The van der Waals surface area contributed by atoms with Crippen LogP contribution in [0.5, 0.6) is 0 Å². The molecule has 1 N–H and O–H groups in total. The van der Waals surface area contributed by atoms with Gasteiger partial charge in [-0.25, -0.2) is 0 Å². The number of aliphatic hydroxyl groups excluding tert-OH is 1. The van der Waals surface area contributed by atoms with E-state index in [1.807, 2.05) is 0 Å². The van der Waals surface area contributed by atoms with Crippen LogP contribution in [0.3, 0.4) is 0 Å². The van der Waals surface area contributed by atoms with Crippen molar-refractivity contribution in [1.29, 1.82) is 0 Å². The molecule has 0 amide bonds. The Bertz CT molecular complexity index is 95.8. The van der Waals surface area contributed by atoms with Crippen molar-refractivity contribution in [2.75, 3.05) is 20.2 Å². The lowest BCUT2D eigenvalue weighted by atomic mass is 10.2. The largest absolute Gasteiger partial charge is 0.396 e. The molecule has 0 bridgehead atoms. The van der Waals surface area contributed by atoms with Crippen LogP contribution >= 0.6 is 0 Å². The molecule has 0 aromatic heterocycles. The van der Waals surface area contributed by atoms with Gasteiger partial charge in [0.2, 0.25) is 0 Å². The van der Waals surface area contributed by atoms with E-state index in [1.54, 1.807) is 0 Å². The van der Waals surface area contributed by atoms with E-state index < -0.39 is 0 Å². The zero-order valence-corrected chi connectivity index (χ0v) is 8.71. The molecule has 12 heavy (non-hydrogen) atoms. The van der Waals surface area contributed by atoms with Crippen molar-refractivity contribution in [3.63, 3.8) is 0 Å². The van der Waals surface area contributed by atoms with Gasteiger partial charge in [-0.1, -0.05) is 6.92 Å². The Hall–Kier alpha value is -0.0800. The van der Waals surface area contributed by atoms with E-state index in [9.17, 15) is 0 Å². The van der Waals surface area contributed by atoms with Gasteiger partial charge in [0.25, 0.3) is 0 Å². The molecule has 1 atom stereocenters. The number of hydrogen-bond donors (Lipinski definition) is 1. The van der Waals surface area contributed by atoms with Gasteiger partial charge in [-0.2, -0.15) is 0 Å². The normalized spacial score (nSPS) is 13.8. The van der Waals surface area contributed by atoms with Crippen LogP contribution in [0.1, 0.15) is 39.5 Å². The molecule has 2 nitrogen and oxygen atoms in total. The fourth-order valence-corrected chi connectivity index (χ4v) is 1.18. The maximum Gasteiger partial charge on any atom is 0.0431 e. The first-order chi connectivity index (χ1) is 5.72. The molecule has 0 spiro atoms. The molecule has 0 saturated heterocycles. The van der Waals surface area contributed by atoms with Crippen molar-refractivity contribution in [2.45, 2.75) is 45.6 Å². The molecule has 0 fully saturated rings. The highest BCUT2D eigenvalue weighted by molar-refractivity contribution is 4.60. The van der Waals surface area contributed by atoms with Gasteiger partial charge < -0.3 is 10.0 Å². The van der Waals surface area contributed by atoms with E-state index in [-0.39, 0.29) is 0 Å². The quantitative estimate of drug-likeness (QED) is 0.594. The van der Waals surface area contributed by atoms with E-state index in [1.165, 1.54) is 12.8 Å².